The predicted molar refractivity (Wildman–Crippen MR) is 63.4 cm³/mol. The van der Waals surface area contributed by atoms with Gasteiger partial charge >= 0.3 is 6.18 Å². The summed E-state index contributed by atoms with van der Waals surface area (Å²) in [6.45, 7) is 1.19. The highest BCUT2D eigenvalue weighted by Gasteiger charge is 2.42. The molecular weight excluding hydrogens is 257 g/mol. The standard InChI is InChI=1S/C12H15F3N4/c13-12(14,15)10-3-4-17-11(18-10)19-5-8(7-1-2-7)9(16)6-19/h3-4,7-9H,1-2,5-6,16H2/t8-,9+/m0/s1. The molecule has 2 N–H and O–H groups in total. The van der Waals surface area contributed by atoms with Crippen molar-refractivity contribution in [1.29, 1.82) is 0 Å². The van der Waals surface area contributed by atoms with Crippen LogP contribution in [-0.2, 0) is 6.18 Å². The molecule has 1 saturated carbocycles. The summed E-state index contributed by atoms with van der Waals surface area (Å²) < 4.78 is 37.8. The molecule has 1 aromatic rings. The number of hydrogen-bond acceptors (Lipinski definition) is 4. The minimum atomic E-state index is -4.44. The molecule has 1 aromatic heterocycles. The zero-order chi connectivity index (χ0) is 13.6. The minimum absolute atomic E-state index is 0.00522. The second-order valence-electron chi connectivity index (χ2n) is 5.31. The first-order valence-electron chi connectivity index (χ1n) is 6.36. The summed E-state index contributed by atoms with van der Waals surface area (Å²) >= 11 is 0. The predicted octanol–water partition coefficient (Wildman–Crippen LogP) is 1.67. The summed E-state index contributed by atoms with van der Waals surface area (Å²) in [4.78, 5) is 9.32. The second-order valence-corrected chi connectivity index (χ2v) is 5.31. The molecule has 3 rings (SSSR count). The van der Waals surface area contributed by atoms with E-state index in [0.29, 0.717) is 24.9 Å². The minimum Gasteiger partial charge on any atom is -0.339 e. The number of hydrogen-bond donors (Lipinski definition) is 1. The topological polar surface area (TPSA) is 55.0 Å². The zero-order valence-corrected chi connectivity index (χ0v) is 10.3. The van der Waals surface area contributed by atoms with Crippen LogP contribution in [0.3, 0.4) is 0 Å². The summed E-state index contributed by atoms with van der Waals surface area (Å²) in [5.74, 6) is 1.12. The fourth-order valence-corrected chi connectivity index (χ4v) is 2.70. The highest BCUT2D eigenvalue weighted by Crippen LogP contribution is 2.41. The Labute approximate surface area is 108 Å². The van der Waals surface area contributed by atoms with Crippen LogP contribution in [0.2, 0.25) is 0 Å². The lowest BCUT2D eigenvalue weighted by Gasteiger charge is -2.17. The number of nitrogens with two attached hydrogens (primary N) is 1. The number of aromatic nitrogens is 2. The molecule has 1 saturated heterocycles. The van der Waals surface area contributed by atoms with E-state index < -0.39 is 11.9 Å². The van der Waals surface area contributed by atoms with Crippen molar-refractivity contribution in [3.63, 3.8) is 0 Å². The fraction of sp³-hybridized carbons (Fsp3) is 0.667. The maximum absolute atomic E-state index is 12.6. The van der Waals surface area contributed by atoms with E-state index in [-0.39, 0.29) is 12.0 Å². The third-order valence-corrected chi connectivity index (χ3v) is 3.86. The van der Waals surface area contributed by atoms with Gasteiger partial charge in [-0.25, -0.2) is 9.97 Å². The monoisotopic (exact) mass is 272 g/mol. The molecule has 19 heavy (non-hydrogen) atoms. The number of alkyl halides is 3. The fourth-order valence-electron chi connectivity index (χ4n) is 2.70. The van der Waals surface area contributed by atoms with Gasteiger partial charge in [0.1, 0.15) is 5.69 Å². The van der Waals surface area contributed by atoms with Crippen molar-refractivity contribution < 1.29 is 13.2 Å². The Hall–Kier alpha value is -1.37. The number of anilines is 1. The van der Waals surface area contributed by atoms with E-state index in [1.807, 2.05) is 0 Å². The van der Waals surface area contributed by atoms with Crippen LogP contribution in [0.25, 0.3) is 0 Å². The molecule has 0 aromatic carbocycles. The quantitative estimate of drug-likeness (QED) is 0.889. The maximum atomic E-state index is 12.6. The molecule has 2 atom stereocenters. The maximum Gasteiger partial charge on any atom is 0.433 e. The van der Waals surface area contributed by atoms with E-state index in [1.54, 1.807) is 4.90 Å². The van der Waals surface area contributed by atoms with E-state index in [0.717, 1.165) is 12.3 Å². The van der Waals surface area contributed by atoms with E-state index >= 15 is 0 Å². The van der Waals surface area contributed by atoms with E-state index in [2.05, 4.69) is 9.97 Å². The van der Waals surface area contributed by atoms with E-state index in [1.165, 1.54) is 12.8 Å². The average Bonchev–Trinajstić information content (AvgIpc) is 3.12. The first-order valence-corrected chi connectivity index (χ1v) is 6.36. The highest BCUT2D eigenvalue weighted by atomic mass is 19.4. The molecule has 0 amide bonds. The van der Waals surface area contributed by atoms with Gasteiger partial charge in [0, 0.05) is 25.3 Å². The Kier molecular flexibility index (Phi) is 2.88. The molecular formula is C12H15F3N4. The van der Waals surface area contributed by atoms with Crippen molar-refractivity contribution in [3.8, 4) is 0 Å². The van der Waals surface area contributed by atoms with Crippen molar-refractivity contribution >= 4 is 5.95 Å². The van der Waals surface area contributed by atoms with Crippen LogP contribution >= 0.6 is 0 Å². The normalized spacial score (nSPS) is 27.9. The summed E-state index contributed by atoms with van der Waals surface area (Å²) in [6.07, 6.45) is -0.929. The Morgan fingerprint density at radius 1 is 1.26 bits per heavy atom. The van der Waals surface area contributed by atoms with Gasteiger partial charge in [-0.3, -0.25) is 0 Å². The first-order chi connectivity index (χ1) is 8.95. The van der Waals surface area contributed by atoms with Crippen molar-refractivity contribution in [2.24, 2.45) is 17.6 Å². The van der Waals surface area contributed by atoms with Crippen molar-refractivity contribution in [2.75, 3.05) is 18.0 Å². The molecule has 1 aliphatic carbocycles. The van der Waals surface area contributed by atoms with Gasteiger partial charge < -0.3 is 10.6 Å². The van der Waals surface area contributed by atoms with Crippen LogP contribution in [0, 0.1) is 11.8 Å². The van der Waals surface area contributed by atoms with Gasteiger partial charge in [-0.05, 0) is 30.7 Å². The molecule has 7 heteroatoms. The van der Waals surface area contributed by atoms with Gasteiger partial charge in [0.05, 0.1) is 0 Å². The summed E-state index contributed by atoms with van der Waals surface area (Å²) in [5, 5.41) is 0. The molecule has 0 spiro atoms. The number of nitrogens with zero attached hydrogens (tertiary/aromatic N) is 3. The smallest absolute Gasteiger partial charge is 0.339 e. The second kappa shape index (κ2) is 4.33. The van der Waals surface area contributed by atoms with Gasteiger partial charge in [0.15, 0.2) is 0 Å². The molecule has 2 heterocycles. The lowest BCUT2D eigenvalue weighted by Crippen LogP contribution is -2.30. The molecule has 0 unspecified atom stereocenters. The van der Waals surface area contributed by atoms with Gasteiger partial charge in [0.2, 0.25) is 5.95 Å². The van der Waals surface area contributed by atoms with Crippen LogP contribution in [0.5, 0.6) is 0 Å². The summed E-state index contributed by atoms with van der Waals surface area (Å²) in [5.41, 5.74) is 5.15. The summed E-state index contributed by atoms with van der Waals surface area (Å²) in [7, 11) is 0. The average molecular weight is 272 g/mol. The Bertz CT molecular complexity index is 472. The lowest BCUT2D eigenvalue weighted by atomic mass is 9.99. The van der Waals surface area contributed by atoms with Crippen LogP contribution in [0.4, 0.5) is 19.1 Å². The molecule has 2 aliphatic rings. The third kappa shape index (κ3) is 2.51. The van der Waals surface area contributed by atoms with E-state index in [9.17, 15) is 13.2 Å². The van der Waals surface area contributed by atoms with Crippen LogP contribution in [0.15, 0.2) is 12.3 Å². The third-order valence-electron chi connectivity index (χ3n) is 3.86. The molecule has 2 fully saturated rings. The van der Waals surface area contributed by atoms with Crippen molar-refractivity contribution in [3.05, 3.63) is 18.0 Å². The number of rotatable bonds is 2. The molecule has 104 valence electrons. The van der Waals surface area contributed by atoms with Crippen LogP contribution in [0.1, 0.15) is 18.5 Å². The van der Waals surface area contributed by atoms with Crippen LogP contribution < -0.4 is 10.6 Å². The van der Waals surface area contributed by atoms with Gasteiger partial charge in [-0.15, -0.1) is 0 Å². The SMILES string of the molecule is N[C@@H]1CN(c2nccc(C(F)(F)F)n2)C[C@H]1C1CC1. The summed E-state index contributed by atoms with van der Waals surface area (Å²) in [6, 6.07) is 0.892. The van der Waals surface area contributed by atoms with Crippen molar-refractivity contribution in [2.45, 2.75) is 25.1 Å². The Morgan fingerprint density at radius 2 is 2.00 bits per heavy atom. The van der Waals surface area contributed by atoms with Gasteiger partial charge in [-0.2, -0.15) is 13.2 Å². The Morgan fingerprint density at radius 3 is 2.63 bits per heavy atom. The van der Waals surface area contributed by atoms with Crippen molar-refractivity contribution in [1.82, 2.24) is 9.97 Å². The molecule has 0 radical (unpaired) electrons. The lowest BCUT2D eigenvalue weighted by molar-refractivity contribution is -0.141. The molecule has 1 aliphatic heterocycles. The Balaban J connectivity index is 1.79. The molecule has 0 bridgehead atoms. The largest absolute Gasteiger partial charge is 0.433 e. The van der Waals surface area contributed by atoms with Gasteiger partial charge in [0.25, 0.3) is 0 Å². The number of halogens is 3. The first kappa shape index (κ1) is 12.7. The molecule has 4 nitrogen and oxygen atoms in total. The highest BCUT2D eigenvalue weighted by molar-refractivity contribution is 5.34. The van der Waals surface area contributed by atoms with Crippen LogP contribution in [-0.4, -0.2) is 29.1 Å². The zero-order valence-electron chi connectivity index (χ0n) is 10.3. The van der Waals surface area contributed by atoms with Gasteiger partial charge in [-0.1, -0.05) is 0 Å². The van der Waals surface area contributed by atoms with E-state index in [4.69, 9.17) is 5.73 Å².